The summed E-state index contributed by atoms with van der Waals surface area (Å²) in [5.41, 5.74) is 4.28. The Bertz CT molecular complexity index is 1190. The number of fused-ring (bicyclic) bond motifs is 1. The smallest absolute Gasteiger partial charge is 0.227 e. The lowest BCUT2D eigenvalue weighted by atomic mass is 10.1. The number of carbonyl (C=O) groups excluding carboxylic acids is 1. The van der Waals surface area contributed by atoms with Gasteiger partial charge in [0, 0.05) is 43.0 Å². The van der Waals surface area contributed by atoms with Crippen molar-refractivity contribution >= 4 is 34.1 Å². The Balaban J connectivity index is 1.44. The minimum atomic E-state index is 0.0705. The zero-order chi connectivity index (χ0) is 19.8. The largest absolute Gasteiger partial charge is 0.359 e. The van der Waals surface area contributed by atoms with E-state index >= 15 is 0 Å². The molecule has 146 valence electrons. The summed E-state index contributed by atoms with van der Waals surface area (Å²) in [6.07, 6.45) is 10.1. The summed E-state index contributed by atoms with van der Waals surface area (Å²) in [6, 6.07) is 7.79. The van der Waals surface area contributed by atoms with Gasteiger partial charge in [-0.1, -0.05) is 0 Å². The van der Waals surface area contributed by atoms with Crippen LogP contribution in [0.2, 0.25) is 0 Å². The number of aromatic nitrogens is 5. The number of H-pyrrole nitrogens is 1. The van der Waals surface area contributed by atoms with E-state index in [0.717, 1.165) is 46.4 Å². The average Bonchev–Trinajstić information content (AvgIpc) is 3.20. The van der Waals surface area contributed by atoms with Crippen molar-refractivity contribution in [2.75, 3.05) is 10.6 Å². The minimum absolute atomic E-state index is 0.0705. The zero-order valence-corrected chi connectivity index (χ0v) is 16.0. The van der Waals surface area contributed by atoms with Crippen LogP contribution in [0.15, 0.2) is 49.1 Å². The molecule has 1 fully saturated rings. The molecule has 29 heavy (non-hydrogen) atoms. The van der Waals surface area contributed by atoms with Gasteiger partial charge in [-0.05, 0) is 43.0 Å². The Hall–Kier alpha value is -3.68. The van der Waals surface area contributed by atoms with Crippen molar-refractivity contribution in [1.82, 2.24) is 24.7 Å². The van der Waals surface area contributed by atoms with Gasteiger partial charge < -0.3 is 15.6 Å². The normalized spacial score (nSPS) is 13.6. The van der Waals surface area contributed by atoms with Crippen LogP contribution in [0, 0.1) is 5.92 Å². The second-order valence-electron chi connectivity index (χ2n) is 7.42. The lowest BCUT2D eigenvalue weighted by Crippen LogP contribution is -2.12. The van der Waals surface area contributed by atoms with E-state index in [1.807, 2.05) is 43.7 Å². The number of benzene rings is 1. The molecule has 0 saturated heterocycles. The summed E-state index contributed by atoms with van der Waals surface area (Å²) < 4.78 is 1.71. The van der Waals surface area contributed by atoms with Crippen LogP contribution in [0.1, 0.15) is 19.3 Å². The number of hydrogen-bond acceptors (Lipinski definition) is 5. The number of hydrogen-bond donors (Lipinski definition) is 3. The van der Waals surface area contributed by atoms with Gasteiger partial charge in [-0.3, -0.25) is 9.48 Å². The number of aromatic amines is 1. The molecule has 1 amide bonds. The van der Waals surface area contributed by atoms with Crippen molar-refractivity contribution in [3.05, 3.63) is 49.1 Å². The lowest BCUT2D eigenvalue weighted by molar-refractivity contribution is -0.116. The summed E-state index contributed by atoms with van der Waals surface area (Å²) in [5.74, 6) is 1.13. The summed E-state index contributed by atoms with van der Waals surface area (Å²) >= 11 is 0. The van der Waals surface area contributed by atoms with E-state index in [9.17, 15) is 4.79 Å². The fraction of sp³-hybridized carbons (Fsp3) is 0.238. The monoisotopic (exact) mass is 387 g/mol. The van der Waals surface area contributed by atoms with Gasteiger partial charge in [-0.15, -0.1) is 0 Å². The number of nitrogens with one attached hydrogen (secondary N) is 3. The molecule has 5 rings (SSSR count). The third-order valence-electron chi connectivity index (χ3n) is 5.06. The Labute approximate surface area is 167 Å². The van der Waals surface area contributed by atoms with Crippen molar-refractivity contribution in [3.63, 3.8) is 0 Å². The van der Waals surface area contributed by atoms with Crippen molar-refractivity contribution in [3.8, 4) is 11.3 Å². The van der Waals surface area contributed by atoms with Crippen LogP contribution in [0.3, 0.4) is 0 Å². The first-order valence-electron chi connectivity index (χ1n) is 9.65. The number of rotatable bonds is 6. The molecule has 0 unspecified atom stereocenters. The Kier molecular flexibility index (Phi) is 4.23. The molecular weight excluding hydrogens is 366 g/mol. The summed E-state index contributed by atoms with van der Waals surface area (Å²) in [6.45, 7) is 0. The van der Waals surface area contributed by atoms with Gasteiger partial charge in [0.1, 0.15) is 0 Å². The molecule has 3 N–H and O–H groups in total. The lowest BCUT2D eigenvalue weighted by Gasteiger charge is -2.10. The fourth-order valence-corrected chi connectivity index (χ4v) is 3.45. The summed E-state index contributed by atoms with van der Waals surface area (Å²) in [4.78, 5) is 24.4. The third-order valence-corrected chi connectivity index (χ3v) is 5.06. The van der Waals surface area contributed by atoms with E-state index in [-0.39, 0.29) is 5.91 Å². The van der Waals surface area contributed by atoms with Gasteiger partial charge >= 0.3 is 0 Å². The molecule has 0 spiro atoms. The molecule has 0 radical (unpaired) electrons. The predicted molar refractivity (Wildman–Crippen MR) is 112 cm³/mol. The van der Waals surface area contributed by atoms with E-state index in [1.54, 1.807) is 17.1 Å². The van der Waals surface area contributed by atoms with Crippen LogP contribution in [0.4, 0.5) is 17.3 Å². The summed E-state index contributed by atoms with van der Waals surface area (Å²) in [5, 5.41) is 11.4. The molecule has 3 heterocycles. The zero-order valence-electron chi connectivity index (χ0n) is 16.0. The minimum Gasteiger partial charge on any atom is -0.359 e. The number of carbonyl (C=O) groups is 1. The number of amides is 1. The summed E-state index contributed by atoms with van der Waals surface area (Å²) in [7, 11) is 1.86. The van der Waals surface area contributed by atoms with Crippen LogP contribution in [-0.2, 0) is 11.8 Å². The van der Waals surface area contributed by atoms with E-state index < -0.39 is 0 Å². The molecule has 0 bridgehead atoms. The molecule has 1 saturated carbocycles. The van der Waals surface area contributed by atoms with Gasteiger partial charge in [-0.2, -0.15) is 5.10 Å². The molecule has 4 aromatic rings. The first-order chi connectivity index (χ1) is 14.2. The maximum absolute atomic E-state index is 12.2. The third kappa shape index (κ3) is 3.69. The van der Waals surface area contributed by atoms with Crippen LogP contribution in [0.5, 0.6) is 0 Å². The maximum atomic E-state index is 12.2. The van der Waals surface area contributed by atoms with E-state index in [0.29, 0.717) is 18.3 Å². The van der Waals surface area contributed by atoms with Crippen molar-refractivity contribution in [2.45, 2.75) is 19.3 Å². The second-order valence-corrected chi connectivity index (χ2v) is 7.42. The van der Waals surface area contributed by atoms with Crippen molar-refractivity contribution in [2.24, 2.45) is 13.0 Å². The molecule has 1 aliphatic carbocycles. The quantitative estimate of drug-likeness (QED) is 0.467. The van der Waals surface area contributed by atoms with Crippen LogP contribution in [0.25, 0.3) is 22.2 Å². The molecule has 3 aromatic heterocycles. The molecule has 0 aliphatic heterocycles. The van der Waals surface area contributed by atoms with Gasteiger partial charge in [0.25, 0.3) is 0 Å². The van der Waals surface area contributed by atoms with Crippen molar-refractivity contribution in [1.29, 1.82) is 0 Å². The standard InChI is InChI=1S/C21H21N7O/c1-28-12-14(11-24-28)25-21-23-9-7-17(27-21)15-4-5-18(20-16(15)6-8-22-20)26-19(29)10-13-2-3-13/h4-9,11-13,22H,2-3,10H2,1H3,(H,26,29)(H,23,25,27). The Morgan fingerprint density at radius 3 is 2.97 bits per heavy atom. The number of anilines is 3. The van der Waals surface area contributed by atoms with Gasteiger partial charge in [-0.25, -0.2) is 9.97 Å². The number of aryl methyl sites for hydroxylation is 1. The van der Waals surface area contributed by atoms with E-state index in [1.165, 1.54) is 0 Å². The van der Waals surface area contributed by atoms with Gasteiger partial charge in [0.05, 0.1) is 28.8 Å². The number of nitrogens with zero attached hydrogens (tertiary/aromatic N) is 4. The molecule has 8 heteroatoms. The van der Waals surface area contributed by atoms with E-state index in [4.69, 9.17) is 0 Å². The highest BCUT2D eigenvalue weighted by atomic mass is 16.1. The highest BCUT2D eigenvalue weighted by Crippen LogP contribution is 2.34. The highest BCUT2D eigenvalue weighted by Gasteiger charge is 2.24. The Morgan fingerprint density at radius 1 is 1.28 bits per heavy atom. The highest BCUT2D eigenvalue weighted by molar-refractivity contribution is 6.05. The maximum Gasteiger partial charge on any atom is 0.227 e. The molecule has 8 nitrogen and oxygen atoms in total. The molecule has 1 aliphatic rings. The molecule has 0 atom stereocenters. The van der Waals surface area contributed by atoms with Crippen LogP contribution >= 0.6 is 0 Å². The van der Waals surface area contributed by atoms with E-state index in [2.05, 4.69) is 30.7 Å². The predicted octanol–water partition coefficient (Wildman–Crippen LogP) is 3.84. The van der Waals surface area contributed by atoms with Crippen LogP contribution in [-0.4, -0.2) is 30.6 Å². The van der Waals surface area contributed by atoms with Crippen molar-refractivity contribution < 1.29 is 4.79 Å². The molecule has 1 aromatic carbocycles. The fourth-order valence-electron chi connectivity index (χ4n) is 3.45. The van der Waals surface area contributed by atoms with Gasteiger partial charge in [0.2, 0.25) is 11.9 Å². The topological polar surface area (TPSA) is 101 Å². The molecular formula is C21H21N7O. The van der Waals surface area contributed by atoms with Crippen LogP contribution < -0.4 is 10.6 Å². The first kappa shape index (κ1) is 17.4. The SMILES string of the molecule is Cn1cc(Nc2nccc(-c3ccc(NC(=O)CC4CC4)c4[nH]ccc34)n2)cn1. The Morgan fingerprint density at radius 2 is 2.17 bits per heavy atom. The average molecular weight is 387 g/mol. The van der Waals surface area contributed by atoms with Gasteiger partial charge in [0.15, 0.2) is 0 Å². The first-order valence-corrected chi connectivity index (χ1v) is 9.65. The second kappa shape index (κ2) is 7.05.